The zero-order valence-electron chi connectivity index (χ0n) is 22.6. The molecule has 0 atom stereocenters. The Morgan fingerprint density at radius 1 is 0.795 bits per heavy atom. The maximum atomic E-state index is 13.1. The van der Waals surface area contributed by atoms with E-state index in [1.807, 2.05) is 20.8 Å². The van der Waals surface area contributed by atoms with Gasteiger partial charge in [-0.2, -0.15) is 0 Å². The van der Waals surface area contributed by atoms with Crippen molar-refractivity contribution in [3.8, 4) is 22.6 Å². The number of hydrogen-bond acceptors (Lipinski definition) is 6. The van der Waals surface area contributed by atoms with Crippen molar-refractivity contribution in [1.29, 1.82) is 0 Å². The van der Waals surface area contributed by atoms with Crippen LogP contribution >= 0.6 is 0 Å². The van der Waals surface area contributed by atoms with Gasteiger partial charge in [0.1, 0.15) is 17.1 Å². The quantitative estimate of drug-likeness (QED) is 0.479. The zero-order chi connectivity index (χ0) is 28.2. The summed E-state index contributed by atoms with van der Waals surface area (Å²) in [5, 5.41) is 13.1. The molecule has 3 aromatic carbocycles. The Morgan fingerprint density at radius 2 is 1.41 bits per heavy atom. The number of carbonyl (C=O) groups excluding carboxylic acids is 3. The number of anilines is 1. The van der Waals surface area contributed by atoms with E-state index in [4.69, 9.17) is 9.47 Å². The van der Waals surface area contributed by atoms with Gasteiger partial charge in [0.05, 0.1) is 7.11 Å². The molecule has 39 heavy (non-hydrogen) atoms. The lowest BCUT2D eigenvalue weighted by Crippen LogP contribution is -2.51. The van der Waals surface area contributed by atoms with Gasteiger partial charge in [-0.15, -0.1) is 0 Å². The van der Waals surface area contributed by atoms with Crippen molar-refractivity contribution in [2.45, 2.75) is 26.4 Å². The van der Waals surface area contributed by atoms with Gasteiger partial charge in [0, 0.05) is 43.0 Å². The Bertz CT molecular complexity index is 1340. The second-order valence-corrected chi connectivity index (χ2v) is 10.3. The molecule has 3 aromatic rings. The Labute approximate surface area is 227 Å². The molecule has 0 bridgehead atoms. The third kappa shape index (κ3) is 7.07. The van der Waals surface area contributed by atoms with Crippen molar-refractivity contribution in [3.05, 3.63) is 77.9 Å². The summed E-state index contributed by atoms with van der Waals surface area (Å²) in [6, 6.07) is 18.6. The van der Waals surface area contributed by atoms with E-state index in [1.165, 1.54) is 6.07 Å². The molecule has 0 aliphatic carbocycles. The average Bonchev–Trinajstić information content (AvgIpc) is 2.92. The van der Waals surface area contributed by atoms with E-state index in [0.717, 1.165) is 5.56 Å². The molecule has 1 aliphatic heterocycles. The van der Waals surface area contributed by atoms with Crippen LogP contribution in [0.25, 0.3) is 11.1 Å². The van der Waals surface area contributed by atoms with Crippen molar-refractivity contribution < 1.29 is 29.0 Å². The number of hydrogen-bond donors (Lipinski definition) is 2. The molecule has 9 heteroatoms. The van der Waals surface area contributed by atoms with Gasteiger partial charge >= 0.3 is 6.09 Å². The highest BCUT2D eigenvalue weighted by Crippen LogP contribution is 2.27. The van der Waals surface area contributed by atoms with Gasteiger partial charge < -0.3 is 29.7 Å². The number of nitrogens with one attached hydrogen (secondary N) is 1. The molecule has 4 rings (SSSR count). The van der Waals surface area contributed by atoms with Gasteiger partial charge in [-0.05, 0) is 86.5 Å². The standard InChI is InChI=1S/C30H33N3O6/c1-30(2,3)39-29(37)33-15-13-32(14-16-33)28(36)21-7-5-20(6-8-21)22-17-23(19-25(34)18-22)27(35)31-24-9-11-26(38-4)12-10-24/h5-12,17-19,34H,13-16H2,1-4H3,(H,31,35). The second kappa shape index (κ2) is 11.5. The van der Waals surface area contributed by atoms with Crippen molar-refractivity contribution in [1.82, 2.24) is 9.80 Å². The van der Waals surface area contributed by atoms with Gasteiger partial charge in [0.15, 0.2) is 0 Å². The topological polar surface area (TPSA) is 108 Å². The van der Waals surface area contributed by atoms with E-state index in [9.17, 15) is 19.5 Å². The first-order valence-corrected chi connectivity index (χ1v) is 12.7. The molecule has 1 aliphatic rings. The summed E-state index contributed by atoms with van der Waals surface area (Å²) in [6.45, 7) is 7.11. The van der Waals surface area contributed by atoms with Gasteiger partial charge in [-0.25, -0.2) is 4.79 Å². The van der Waals surface area contributed by atoms with Crippen LogP contribution in [0.5, 0.6) is 11.5 Å². The van der Waals surface area contributed by atoms with E-state index >= 15 is 0 Å². The normalized spacial score (nSPS) is 13.5. The Balaban J connectivity index is 1.40. The van der Waals surface area contributed by atoms with Crippen LogP contribution in [0.4, 0.5) is 10.5 Å². The highest BCUT2D eigenvalue weighted by molar-refractivity contribution is 6.05. The van der Waals surface area contributed by atoms with Crippen molar-refractivity contribution in [2.24, 2.45) is 0 Å². The van der Waals surface area contributed by atoms with Crippen LogP contribution in [0.2, 0.25) is 0 Å². The Morgan fingerprint density at radius 3 is 2.00 bits per heavy atom. The first kappa shape index (κ1) is 27.5. The minimum Gasteiger partial charge on any atom is -0.508 e. The van der Waals surface area contributed by atoms with Crippen LogP contribution < -0.4 is 10.1 Å². The minimum absolute atomic E-state index is 0.0459. The summed E-state index contributed by atoms with van der Waals surface area (Å²) in [7, 11) is 1.57. The molecule has 0 unspecified atom stereocenters. The van der Waals surface area contributed by atoms with Crippen LogP contribution in [0.1, 0.15) is 41.5 Å². The number of aromatic hydroxyl groups is 1. The number of piperazine rings is 1. The average molecular weight is 532 g/mol. The molecular weight excluding hydrogens is 498 g/mol. The molecule has 1 fully saturated rings. The molecular formula is C30H33N3O6. The molecule has 2 N–H and O–H groups in total. The smallest absolute Gasteiger partial charge is 0.410 e. The van der Waals surface area contributed by atoms with E-state index in [0.29, 0.717) is 54.3 Å². The third-order valence-electron chi connectivity index (χ3n) is 6.21. The van der Waals surface area contributed by atoms with Gasteiger partial charge in [0.2, 0.25) is 0 Å². The number of rotatable bonds is 5. The predicted octanol–water partition coefficient (Wildman–Crippen LogP) is 5.01. The SMILES string of the molecule is COc1ccc(NC(=O)c2cc(O)cc(-c3ccc(C(=O)N4CCN(C(=O)OC(C)(C)C)CC4)cc3)c2)cc1. The fourth-order valence-corrected chi connectivity index (χ4v) is 4.19. The lowest BCUT2D eigenvalue weighted by molar-refractivity contribution is 0.0141. The number of ether oxygens (including phenoxy) is 2. The summed E-state index contributed by atoms with van der Waals surface area (Å²) >= 11 is 0. The first-order chi connectivity index (χ1) is 18.5. The molecule has 0 radical (unpaired) electrons. The van der Waals surface area contributed by atoms with Crippen LogP contribution in [-0.2, 0) is 4.74 Å². The second-order valence-electron chi connectivity index (χ2n) is 10.3. The maximum Gasteiger partial charge on any atom is 0.410 e. The summed E-state index contributed by atoms with van der Waals surface area (Å²) < 4.78 is 10.6. The number of methoxy groups -OCH3 is 1. The van der Waals surface area contributed by atoms with E-state index in [-0.39, 0.29) is 23.7 Å². The molecule has 1 saturated heterocycles. The van der Waals surface area contributed by atoms with Crippen LogP contribution in [0.15, 0.2) is 66.7 Å². The summed E-state index contributed by atoms with van der Waals surface area (Å²) in [5.41, 5.74) is 2.23. The highest BCUT2D eigenvalue weighted by atomic mass is 16.6. The number of carbonyl (C=O) groups is 3. The van der Waals surface area contributed by atoms with Crippen molar-refractivity contribution in [3.63, 3.8) is 0 Å². The molecule has 204 valence electrons. The Kier molecular flexibility index (Phi) is 8.09. The maximum absolute atomic E-state index is 13.1. The Hall–Kier alpha value is -4.53. The van der Waals surface area contributed by atoms with Gasteiger partial charge in [0.25, 0.3) is 11.8 Å². The third-order valence-corrected chi connectivity index (χ3v) is 6.21. The molecule has 0 aromatic heterocycles. The van der Waals surface area contributed by atoms with Gasteiger partial charge in [-0.1, -0.05) is 12.1 Å². The number of phenols is 1. The highest BCUT2D eigenvalue weighted by Gasteiger charge is 2.28. The zero-order valence-corrected chi connectivity index (χ0v) is 22.6. The molecule has 1 heterocycles. The summed E-state index contributed by atoms with van der Waals surface area (Å²) in [4.78, 5) is 41.5. The molecule has 0 saturated carbocycles. The lowest BCUT2D eigenvalue weighted by atomic mass is 10.0. The van der Waals surface area contributed by atoms with Crippen LogP contribution in [0.3, 0.4) is 0 Å². The number of phenolic OH excluding ortho intramolecular Hbond substituents is 1. The fourth-order valence-electron chi connectivity index (χ4n) is 4.19. The monoisotopic (exact) mass is 531 g/mol. The van der Waals surface area contributed by atoms with E-state index in [1.54, 1.807) is 77.6 Å². The van der Waals surface area contributed by atoms with E-state index < -0.39 is 5.60 Å². The van der Waals surface area contributed by atoms with Crippen LogP contribution in [0, 0.1) is 0 Å². The fraction of sp³-hybridized carbons (Fsp3) is 0.300. The van der Waals surface area contributed by atoms with Crippen molar-refractivity contribution >= 4 is 23.6 Å². The van der Waals surface area contributed by atoms with Gasteiger partial charge in [-0.3, -0.25) is 9.59 Å². The van der Waals surface area contributed by atoms with Crippen LogP contribution in [-0.4, -0.2) is 71.7 Å². The summed E-state index contributed by atoms with van der Waals surface area (Å²) in [5.74, 6) is 0.142. The number of benzene rings is 3. The first-order valence-electron chi connectivity index (χ1n) is 12.7. The van der Waals surface area contributed by atoms with E-state index in [2.05, 4.69) is 5.32 Å². The number of nitrogens with zero attached hydrogens (tertiary/aromatic N) is 2. The molecule has 3 amide bonds. The largest absolute Gasteiger partial charge is 0.508 e. The molecule has 0 spiro atoms. The lowest BCUT2D eigenvalue weighted by Gasteiger charge is -2.35. The molecule has 9 nitrogen and oxygen atoms in total. The number of amides is 3. The van der Waals surface area contributed by atoms with Crippen molar-refractivity contribution in [2.75, 3.05) is 38.6 Å². The summed E-state index contributed by atoms with van der Waals surface area (Å²) in [6.07, 6.45) is -0.373. The minimum atomic E-state index is -0.567. The predicted molar refractivity (Wildman–Crippen MR) is 148 cm³/mol.